The molecule has 42 heavy (non-hydrogen) atoms. The van der Waals surface area contributed by atoms with Crippen molar-refractivity contribution >= 4 is 30.2 Å². The Morgan fingerprint density at radius 1 is 0.976 bits per heavy atom. The van der Waals surface area contributed by atoms with E-state index in [4.69, 9.17) is 14.6 Å². The van der Waals surface area contributed by atoms with E-state index in [1.807, 2.05) is 26.0 Å². The van der Waals surface area contributed by atoms with Crippen LogP contribution in [0.5, 0.6) is 0 Å². The fraction of sp³-hybridized carbons (Fsp3) is 0.433. The van der Waals surface area contributed by atoms with Crippen LogP contribution in [0.3, 0.4) is 0 Å². The van der Waals surface area contributed by atoms with Crippen LogP contribution >= 0.6 is 0 Å². The third kappa shape index (κ3) is 9.11. The van der Waals surface area contributed by atoms with Gasteiger partial charge in [-0.2, -0.15) is 0 Å². The van der Waals surface area contributed by atoms with Crippen molar-refractivity contribution in [2.45, 2.75) is 32.7 Å². The molecule has 0 radical (unpaired) electrons. The van der Waals surface area contributed by atoms with E-state index in [2.05, 4.69) is 16.0 Å². The van der Waals surface area contributed by atoms with Crippen LogP contribution in [0.1, 0.15) is 58.5 Å². The number of aliphatic hydroxyl groups is 1. The summed E-state index contributed by atoms with van der Waals surface area (Å²) < 4.78 is 10.6. The van der Waals surface area contributed by atoms with E-state index < -0.39 is 18.0 Å². The molecule has 1 aliphatic rings. The van der Waals surface area contributed by atoms with Gasteiger partial charge in [-0.15, -0.1) is 0 Å². The molecule has 12 nitrogen and oxygen atoms in total. The highest BCUT2D eigenvalue weighted by Gasteiger charge is 2.31. The van der Waals surface area contributed by atoms with Gasteiger partial charge in [0.05, 0.1) is 13.2 Å². The summed E-state index contributed by atoms with van der Waals surface area (Å²) in [5.74, 6) is -1.36. The van der Waals surface area contributed by atoms with Crippen molar-refractivity contribution < 1.29 is 38.6 Å². The average Bonchev–Trinajstić information content (AvgIpc) is 3.25. The number of carbonyl (C=O) groups is 5. The first-order valence-electron chi connectivity index (χ1n) is 13.8. The van der Waals surface area contributed by atoms with Gasteiger partial charge in [-0.3, -0.25) is 24.1 Å². The number of fused-ring (bicyclic) bond motifs is 3. The number of benzene rings is 2. The van der Waals surface area contributed by atoms with Gasteiger partial charge < -0.3 is 30.5 Å². The van der Waals surface area contributed by atoms with Crippen molar-refractivity contribution in [2.24, 2.45) is 0 Å². The first-order valence-corrected chi connectivity index (χ1v) is 13.8. The minimum Gasteiger partial charge on any atom is -0.465 e. The number of esters is 1. The fourth-order valence-electron chi connectivity index (χ4n) is 4.73. The molecule has 1 unspecified atom stereocenters. The minimum absolute atomic E-state index is 0.0274. The number of alkyl carbamates (subject to hydrolysis) is 1. The van der Waals surface area contributed by atoms with Gasteiger partial charge in [0.25, 0.3) is 5.91 Å². The number of aliphatic hydroxyl groups excluding tert-OH is 1. The standard InChI is InChI=1S/C30H38N4O8/c1-19(2)33-28(38)16-34(11-13-41-20(3)37)10-8-32-30(40)42-18-27-25-14-21(17-36)4-6-23(25)24-7-5-22(15-26(24)27)29(39)31-9-12-35/h4-7,14-15,17,19,27,35H,8-13,16,18H2,1-3H3,(H,31,39)(H,32,40)(H,33,38). The van der Waals surface area contributed by atoms with E-state index in [1.54, 1.807) is 29.2 Å². The zero-order valence-corrected chi connectivity index (χ0v) is 24.1. The van der Waals surface area contributed by atoms with E-state index in [-0.39, 0.29) is 57.3 Å². The molecule has 12 heteroatoms. The summed E-state index contributed by atoms with van der Waals surface area (Å²) in [6.07, 6.45) is 0.0796. The molecule has 1 aliphatic carbocycles. The Balaban J connectivity index is 1.65. The molecular formula is C30H38N4O8. The van der Waals surface area contributed by atoms with Gasteiger partial charge in [0.15, 0.2) is 0 Å². The van der Waals surface area contributed by atoms with Gasteiger partial charge in [0.2, 0.25) is 5.91 Å². The summed E-state index contributed by atoms with van der Waals surface area (Å²) in [4.78, 5) is 61.8. The Bertz CT molecular complexity index is 1300. The third-order valence-electron chi connectivity index (χ3n) is 6.57. The van der Waals surface area contributed by atoms with E-state index in [1.165, 1.54) is 6.92 Å². The maximum atomic E-state index is 12.6. The Morgan fingerprint density at radius 3 is 2.36 bits per heavy atom. The minimum atomic E-state index is -0.667. The summed E-state index contributed by atoms with van der Waals surface area (Å²) in [5, 5.41) is 17.2. The van der Waals surface area contributed by atoms with Crippen LogP contribution in [-0.4, -0.2) is 98.8 Å². The summed E-state index contributed by atoms with van der Waals surface area (Å²) in [7, 11) is 0. The van der Waals surface area contributed by atoms with Crippen molar-refractivity contribution in [1.82, 2.24) is 20.9 Å². The number of rotatable bonds is 15. The number of amides is 3. The molecule has 3 rings (SSSR count). The molecular weight excluding hydrogens is 544 g/mol. The quantitative estimate of drug-likeness (QED) is 0.180. The first kappa shape index (κ1) is 32.2. The van der Waals surface area contributed by atoms with Crippen molar-refractivity contribution in [3.63, 3.8) is 0 Å². The summed E-state index contributed by atoms with van der Waals surface area (Å²) in [6, 6.07) is 10.5. The lowest BCUT2D eigenvalue weighted by molar-refractivity contribution is -0.141. The Morgan fingerprint density at radius 2 is 1.69 bits per heavy atom. The number of carbonyl (C=O) groups excluding carboxylic acids is 5. The van der Waals surface area contributed by atoms with Crippen LogP contribution < -0.4 is 16.0 Å². The maximum Gasteiger partial charge on any atom is 0.407 e. The van der Waals surface area contributed by atoms with Crippen LogP contribution in [0.25, 0.3) is 11.1 Å². The highest BCUT2D eigenvalue weighted by atomic mass is 16.5. The molecule has 2 aromatic carbocycles. The second-order valence-corrected chi connectivity index (χ2v) is 10.2. The monoisotopic (exact) mass is 582 g/mol. The number of hydrogen-bond acceptors (Lipinski definition) is 9. The Labute approximate surface area is 244 Å². The van der Waals surface area contributed by atoms with Crippen molar-refractivity contribution in [1.29, 1.82) is 0 Å². The lowest BCUT2D eigenvalue weighted by Crippen LogP contribution is -2.44. The number of hydrogen-bond donors (Lipinski definition) is 4. The predicted octanol–water partition coefficient (Wildman–Crippen LogP) is 1.45. The van der Waals surface area contributed by atoms with Gasteiger partial charge in [0.1, 0.15) is 19.5 Å². The summed E-state index contributed by atoms with van der Waals surface area (Å²) >= 11 is 0. The zero-order valence-electron chi connectivity index (χ0n) is 24.1. The molecule has 0 bridgehead atoms. The first-order chi connectivity index (χ1) is 20.1. The van der Waals surface area contributed by atoms with E-state index in [0.29, 0.717) is 24.2 Å². The Kier molecular flexibility index (Phi) is 12.0. The molecule has 0 aliphatic heterocycles. The zero-order chi connectivity index (χ0) is 30.6. The van der Waals surface area contributed by atoms with E-state index >= 15 is 0 Å². The van der Waals surface area contributed by atoms with Crippen LogP contribution in [-0.2, 0) is 19.1 Å². The van der Waals surface area contributed by atoms with Crippen molar-refractivity contribution in [3.8, 4) is 11.1 Å². The third-order valence-corrected chi connectivity index (χ3v) is 6.57. The molecule has 0 aromatic heterocycles. The largest absolute Gasteiger partial charge is 0.465 e. The van der Waals surface area contributed by atoms with Crippen LogP contribution in [0, 0.1) is 0 Å². The number of nitrogens with one attached hydrogen (secondary N) is 3. The smallest absolute Gasteiger partial charge is 0.407 e. The molecule has 226 valence electrons. The lowest BCUT2D eigenvalue weighted by atomic mass is 9.95. The van der Waals surface area contributed by atoms with Gasteiger partial charge in [-0.05, 0) is 54.3 Å². The molecule has 0 saturated carbocycles. The van der Waals surface area contributed by atoms with Crippen LogP contribution in [0.4, 0.5) is 4.79 Å². The van der Waals surface area contributed by atoms with Gasteiger partial charge >= 0.3 is 12.1 Å². The molecule has 2 aromatic rings. The number of nitrogens with zero attached hydrogens (tertiary/aromatic N) is 1. The van der Waals surface area contributed by atoms with E-state index in [0.717, 1.165) is 28.5 Å². The fourth-order valence-corrected chi connectivity index (χ4v) is 4.73. The summed E-state index contributed by atoms with van der Waals surface area (Å²) in [6.45, 7) is 5.89. The van der Waals surface area contributed by atoms with Gasteiger partial charge in [-0.1, -0.05) is 18.2 Å². The van der Waals surface area contributed by atoms with E-state index in [9.17, 15) is 24.0 Å². The van der Waals surface area contributed by atoms with Crippen LogP contribution in [0.2, 0.25) is 0 Å². The average molecular weight is 583 g/mol. The van der Waals surface area contributed by atoms with Gasteiger partial charge in [0, 0.05) is 56.2 Å². The maximum absolute atomic E-state index is 12.6. The molecule has 3 amide bonds. The molecule has 0 saturated heterocycles. The molecule has 1 atom stereocenters. The van der Waals surface area contributed by atoms with Crippen molar-refractivity contribution in [3.05, 3.63) is 58.7 Å². The highest BCUT2D eigenvalue weighted by Crippen LogP contribution is 2.45. The van der Waals surface area contributed by atoms with Crippen molar-refractivity contribution in [2.75, 3.05) is 52.5 Å². The van der Waals surface area contributed by atoms with Gasteiger partial charge in [-0.25, -0.2) is 4.79 Å². The molecule has 4 N–H and O–H groups in total. The lowest BCUT2D eigenvalue weighted by Gasteiger charge is -2.22. The second-order valence-electron chi connectivity index (χ2n) is 10.2. The predicted molar refractivity (Wildman–Crippen MR) is 154 cm³/mol. The second kappa shape index (κ2) is 15.6. The Hall–Kier alpha value is -4.29. The molecule has 0 fully saturated rings. The topological polar surface area (TPSA) is 163 Å². The SMILES string of the molecule is CC(=O)OCCN(CCNC(=O)OCC1c2cc(C=O)ccc2-c2ccc(C(=O)NCCO)cc21)CC(=O)NC(C)C. The van der Waals surface area contributed by atoms with Crippen LogP contribution in [0.15, 0.2) is 36.4 Å². The summed E-state index contributed by atoms with van der Waals surface area (Å²) in [5.41, 5.74) is 4.23. The normalized spacial score (nSPS) is 13.2. The highest BCUT2D eigenvalue weighted by molar-refractivity contribution is 5.96. The molecule has 0 heterocycles. The number of ether oxygens (including phenoxy) is 2. The molecule has 0 spiro atoms. The number of aldehydes is 1.